The number of carboxylic acid groups (broad SMARTS) is 1. The zero-order valence-electron chi connectivity index (χ0n) is 15.3. The molecule has 0 aliphatic heterocycles. The standard InChI is InChI=1S/C22H16N2O2S.Na/c25-22(26)17-13-11-16(12-14-17)21-23-15-20(27-21)24(18-7-3-1-4-8-18)19-9-5-2-6-10-19;/h1-15H,(H,25,26);/q;+1/p-1. The normalized spacial score (nSPS) is 10.1. The number of carbonyl (C=O) groups excluding carboxylic acids is 1. The Morgan fingerprint density at radius 3 is 1.86 bits per heavy atom. The Kier molecular flexibility index (Phi) is 6.65. The second-order valence-corrected chi connectivity index (χ2v) is 6.88. The predicted molar refractivity (Wildman–Crippen MR) is 107 cm³/mol. The van der Waals surface area contributed by atoms with Crippen molar-refractivity contribution in [2.45, 2.75) is 0 Å². The third kappa shape index (κ3) is 4.34. The maximum absolute atomic E-state index is 10.9. The van der Waals surface area contributed by atoms with Crippen LogP contribution in [-0.2, 0) is 0 Å². The summed E-state index contributed by atoms with van der Waals surface area (Å²) in [4.78, 5) is 17.6. The van der Waals surface area contributed by atoms with Gasteiger partial charge in [-0.05, 0) is 29.8 Å². The Morgan fingerprint density at radius 1 is 0.821 bits per heavy atom. The van der Waals surface area contributed by atoms with Crippen molar-refractivity contribution in [2.75, 3.05) is 4.90 Å². The third-order valence-electron chi connectivity index (χ3n) is 4.11. The van der Waals surface area contributed by atoms with Crippen LogP contribution in [-0.4, -0.2) is 11.0 Å². The van der Waals surface area contributed by atoms with Crippen LogP contribution in [0.1, 0.15) is 10.4 Å². The Hall–Kier alpha value is -2.44. The van der Waals surface area contributed by atoms with Gasteiger partial charge in [0.25, 0.3) is 0 Å². The summed E-state index contributed by atoms with van der Waals surface area (Å²) in [5.41, 5.74) is 3.13. The van der Waals surface area contributed by atoms with E-state index in [2.05, 4.69) is 34.1 Å². The molecule has 0 saturated carbocycles. The number of aromatic nitrogens is 1. The maximum atomic E-state index is 10.9. The van der Waals surface area contributed by atoms with Crippen molar-refractivity contribution in [1.29, 1.82) is 0 Å². The van der Waals surface area contributed by atoms with Crippen molar-refractivity contribution < 1.29 is 39.5 Å². The molecular weight excluding hydrogens is 379 g/mol. The van der Waals surface area contributed by atoms with Crippen molar-refractivity contribution in [3.05, 3.63) is 96.7 Å². The fourth-order valence-corrected chi connectivity index (χ4v) is 3.77. The number of rotatable bonds is 5. The molecule has 0 saturated heterocycles. The van der Waals surface area contributed by atoms with Gasteiger partial charge >= 0.3 is 29.6 Å². The topological polar surface area (TPSA) is 56.3 Å². The van der Waals surface area contributed by atoms with Gasteiger partial charge in [-0.2, -0.15) is 0 Å². The number of carboxylic acids is 1. The van der Waals surface area contributed by atoms with E-state index in [0.29, 0.717) is 0 Å². The van der Waals surface area contributed by atoms with Crippen LogP contribution in [0.3, 0.4) is 0 Å². The van der Waals surface area contributed by atoms with Gasteiger partial charge in [0.2, 0.25) is 0 Å². The molecule has 0 amide bonds. The van der Waals surface area contributed by atoms with Crippen LogP contribution in [0.15, 0.2) is 91.1 Å². The molecule has 1 heterocycles. The Morgan fingerprint density at radius 2 is 1.36 bits per heavy atom. The zero-order chi connectivity index (χ0) is 18.6. The SMILES string of the molecule is O=C([O-])c1ccc(-c2ncc(N(c3ccccc3)c3ccccc3)s2)cc1.[Na+]. The average molecular weight is 394 g/mol. The van der Waals surface area contributed by atoms with Gasteiger partial charge in [0, 0.05) is 16.9 Å². The smallest absolute Gasteiger partial charge is 0.545 e. The number of nitrogens with zero attached hydrogens (tertiary/aromatic N) is 2. The molecule has 0 N–H and O–H groups in total. The average Bonchev–Trinajstić information content (AvgIpc) is 3.19. The number of para-hydroxylation sites is 2. The van der Waals surface area contributed by atoms with E-state index >= 15 is 0 Å². The second-order valence-electron chi connectivity index (χ2n) is 5.87. The number of thiazole rings is 1. The van der Waals surface area contributed by atoms with Crippen LogP contribution < -0.4 is 39.6 Å². The van der Waals surface area contributed by atoms with Gasteiger partial charge in [0.1, 0.15) is 10.0 Å². The first-order valence-electron chi connectivity index (χ1n) is 8.40. The largest absolute Gasteiger partial charge is 1.00 e. The number of benzene rings is 3. The van der Waals surface area contributed by atoms with Gasteiger partial charge in [-0.25, -0.2) is 4.98 Å². The van der Waals surface area contributed by atoms with E-state index in [4.69, 9.17) is 0 Å². The molecule has 28 heavy (non-hydrogen) atoms. The first kappa shape index (κ1) is 20.3. The summed E-state index contributed by atoms with van der Waals surface area (Å²) in [7, 11) is 0. The molecule has 0 radical (unpaired) electrons. The van der Waals surface area contributed by atoms with E-state index in [1.807, 2.05) is 42.6 Å². The van der Waals surface area contributed by atoms with Crippen molar-refractivity contribution in [1.82, 2.24) is 4.98 Å². The molecule has 4 aromatic rings. The van der Waals surface area contributed by atoms with Gasteiger partial charge in [-0.3, -0.25) is 0 Å². The quantitative estimate of drug-likeness (QED) is 0.483. The monoisotopic (exact) mass is 394 g/mol. The summed E-state index contributed by atoms with van der Waals surface area (Å²) >= 11 is 1.55. The molecule has 0 aliphatic carbocycles. The number of carbonyl (C=O) groups is 1. The van der Waals surface area contributed by atoms with Gasteiger partial charge in [0.05, 0.1) is 12.2 Å². The molecule has 4 rings (SSSR count). The summed E-state index contributed by atoms with van der Waals surface area (Å²) < 4.78 is 0. The number of hydrogen-bond acceptors (Lipinski definition) is 5. The molecule has 4 nitrogen and oxygen atoms in total. The van der Waals surface area contributed by atoms with Crippen molar-refractivity contribution >= 4 is 33.7 Å². The number of hydrogen-bond donors (Lipinski definition) is 0. The summed E-state index contributed by atoms with van der Waals surface area (Å²) in [5.74, 6) is -1.18. The molecule has 132 valence electrons. The second kappa shape index (κ2) is 9.17. The van der Waals surface area contributed by atoms with Gasteiger partial charge in [-0.1, -0.05) is 72.0 Å². The first-order valence-corrected chi connectivity index (χ1v) is 9.22. The summed E-state index contributed by atoms with van der Waals surface area (Å²) in [5, 5.41) is 12.7. The molecule has 0 fully saturated rings. The maximum Gasteiger partial charge on any atom is 1.00 e. The molecule has 0 spiro atoms. The molecule has 0 atom stereocenters. The van der Waals surface area contributed by atoms with Crippen molar-refractivity contribution in [3.63, 3.8) is 0 Å². The number of anilines is 3. The van der Waals surface area contributed by atoms with Gasteiger partial charge in [0.15, 0.2) is 0 Å². The third-order valence-corrected chi connectivity index (χ3v) is 5.14. The van der Waals surface area contributed by atoms with Crippen LogP contribution in [0.4, 0.5) is 16.4 Å². The van der Waals surface area contributed by atoms with Crippen LogP contribution in [0, 0.1) is 0 Å². The predicted octanol–water partition coefficient (Wildman–Crippen LogP) is 1.65. The molecule has 0 aliphatic rings. The molecular formula is C22H15N2NaO2S. The minimum atomic E-state index is -1.18. The van der Waals surface area contributed by atoms with E-state index in [9.17, 15) is 9.90 Å². The molecule has 3 aromatic carbocycles. The Balaban J connectivity index is 0.00000225. The van der Waals surface area contributed by atoms with E-state index in [1.54, 1.807) is 23.5 Å². The summed E-state index contributed by atoms with van der Waals surface area (Å²) in [6.07, 6.45) is 1.84. The molecule has 0 bridgehead atoms. The summed E-state index contributed by atoms with van der Waals surface area (Å²) in [6.45, 7) is 0. The van der Waals surface area contributed by atoms with E-state index in [-0.39, 0.29) is 35.1 Å². The molecule has 0 unspecified atom stereocenters. The molecule has 1 aromatic heterocycles. The van der Waals surface area contributed by atoms with Crippen LogP contribution in [0.2, 0.25) is 0 Å². The number of aromatic carboxylic acids is 1. The van der Waals surface area contributed by atoms with E-state index < -0.39 is 5.97 Å². The van der Waals surface area contributed by atoms with Gasteiger partial charge < -0.3 is 14.8 Å². The van der Waals surface area contributed by atoms with Crippen LogP contribution in [0.25, 0.3) is 10.6 Å². The Labute approximate surface area is 189 Å². The minimum absolute atomic E-state index is 0. The Bertz CT molecular complexity index is 1010. The van der Waals surface area contributed by atoms with E-state index in [0.717, 1.165) is 26.9 Å². The molecule has 6 heteroatoms. The van der Waals surface area contributed by atoms with Crippen molar-refractivity contribution in [2.24, 2.45) is 0 Å². The van der Waals surface area contributed by atoms with Gasteiger partial charge in [-0.15, -0.1) is 0 Å². The minimum Gasteiger partial charge on any atom is -0.545 e. The summed E-state index contributed by atoms with van der Waals surface area (Å²) in [6, 6.07) is 26.8. The zero-order valence-corrected chi connectivity index (χ0v) is 18.1. The fraction of sp³-hybridized carbons (Fsp3) is 0. The van der Waals surface area contributed by atoms with E-state index in [1.165, 1.54) is 12.1 Å². The van der Waals surface area contributed by atoms with Crippen molar-refractivity contribution in [3.8, 4) is 10.6 Å². The van der Waals surface area contributed by atoms with Crippen LogP contribution >= 0.6 is 11.3 Å². The fourth-order valence-electron chi connectivity index (χ4n) is 2.81. The first-order chi connectivity index (χ1) is 13.2. The van der Waals surface area contributed by atoms with Crippen LogP contribution in [0.5, 0.6) is 0 Å².